The molecule has 7 heteroatoms. The molecular formula is C25H37FN6. The van der Waals surface area contributed by atoms with Crippen molar-refractivity contribution in [2.75, 3.05) is 28.6 Å². The molecular weight excluding hydrogens is 403 g/mol. The summed E-state index contributed by atoms with van der Waals surface area (Å²) >= 11 is 0. The first-order valence-corrected chi connectivity index (χ1v) is 11.9. The van der Waals surface area contributed by atoms with E-state index < -0.39 is 0 Å². The number of hydrogen-bond acceptors (Lipinski definition) is 6. The van der Waals surface area contributed by atoms with Crippen LogP contribution < -0.4 is 15.5 Å². The molecule has 0 unspecified atom stereocenters. The lowest BCUT2D eigenvalue weighted by Crippen LogP contribution is -2.37. The standard InChI is InChI=1S/C25H37FN6/c1-24(2,3)16-25(4,5)31-22-28-21(27-20-12-10-19(26)11-13-20)29-23(30-22)32-14-17-6-7-18(15-32)9-8-17/h10-13,17-18H,6-9,14-16H2,1-5H3,(H2,27,28,29,30,31). The summed E-state index contributed by atoms with van der Waals surface area (Å²) in [5.74, 6) is 2.94. The number of anilines is 4. The molecule has 5 rings (SSSR count). The number of benzene rings is 1. The summed E-state index contributed by atoms with van der Waals surface area (Å²) in [5, 5.41) is 6.80. The van der Waals surface area contributed by atoms with Crippen molar-refractivity contribution < 1.29 is 4.39 Å². The lowest BCUT2D eigenvalue weighted by Gasteiger charge is -2.33. The molecule has 0 radical (unpaired) electrons. The van der Waals surface area contributed by atoms with Gasteiger partial charge in [-0.1, -0.05) is 20.8 Å². The van der Waals surface area contributed by atoms with Gasteiger partial charge in [0.1, 0.15) is 5.82 Å². The SMILES string of the molecule is CC(C)(C)CC(C)(C)Nc1nc(Nc2ccc(F)cc2)nc(N2CC3CCC(CC3)C2)n1. The van der Waals surface area contributed by atoms with Crippen LogP contribution >= 0.6 is 0 Å². The summed E-state index contributed by atoms with van der Waals surface area (Å²) < 4.78 is 13.3. The minimum absolute atomic E-state index is 0.172. The number of fused-ring (bicyclic) bond motifs is 4. The Morgan fingerprint density at radius 3 is 2.00 bits per heavy atom. The van der Waals surface area contributed by atoms with Gasteiger partial charge < -0.3 is 15.5 Å². The Morgan fingerprint density at radius 2 is 1.44 bits per heavy atom. The number of nitrogens with one attached hydrogen (secondary N) is 2. The van der Waals surface area contributed by atoms with Gasteiger partial charge in [0.2, 0.25) is 17.8 Å². The van der Waals surface area contributed by atoms with Gasteiger partial charge in [-0.2, -0.15) is 15.0 Å². The van der Waals surface area contributed by atoms with E-state index in [0.717, 1.165) is 31.1 Å². The fourth-order valence-corrected chi connectivity index (χ4v) is 5.41. The maximum atomic E-state index is 13.3. The Labute approximate surface area is 191 Å². The number of halogens is 1. The minimum Gasteiger partial charge on any atom is -0.349 e. The van der Waals surface area contributed by atoms with E-state index in [1.165, 1.54) is 37.8 Å². The van der Waals surface area contributed by atoms with Crippen LogP contribution in [-0.4, -0.2) is 33.6 Å². The van der Waals surface area contributed by atoms with Crippen LogP contribution in [0.25, 0.3) is 0 Å². The zero-order chi connectivity index (χ0) is 22.9. The monoisotopic (exact) mass is 440 g/mol. The minimum atomic E-state index is -0.266. The summed E-state index contributed by atoms with van der Waals surface area (Å²) in [6.45, 7) is 13.1. The van der Waals surface area contributed by atoms with Gasteiger partial charge in [-0.3, -0.25) is 0 Å². The number of nitrogens with zero attached hydrogens (tertiary/aromatic N) is 4. The lowest BCUT2D eigenvalue weighted by molar-refractivity contribution is 0.301. The summed E-state index contributed by atoms with van der Waals surface area (Å²) in [6, 6.07) is 6.26. The molecule has 174 valence electrons. The van der Waals surface area contributed by atoms with E-state index in [9.17, 15) is 4.39 Å². The molecule has 3 aliphatic rings. The predicted octanol–water partition coefficient (Wildman–Crippen LogP) is 6.01. The van der Waals surface area contributed by atoms with Crippen LogP contribution in [0.4, 0.5) is 27.9 Å². The number of aromatic nitrogens is 3. The molecule has 0 atom stereocenters. The average molecular weight is 441 g/mol. The zero-order valence-electron chi connectivity index (χ0n) is 20.1. The first-order valence-electron chi connectivity index (χ1n) is 11.9. The van der Waals surface area contributed by atoms with Crippen LogP contribution in [0.15, 0.2) is 24.3 Å². The first-order chi connectivity index (χ1) is 15.0. The highest BCUT2D eigenvalue weighted by molar-refractivity contribution is 5.56. The van der Waals surface area contributed by atoms with Crippen LogP contribution in [0.3, 0.4) is 0 Å². The van der Waals surface area contributed by atoms with Crippen molar-refractivity contribution in [2.45, 2.75) is 72.3 Å². The topological polar surface area (TPSA) is 66.0 Å². The molecule has 2 bridgehead atoms. The first kappa shape index (κ1) is 22.7. The molecule has 1 aliphatic carbocycles. The Morgan fingerprint density at radius 1 is 0.875 bits per heavy atom. The highest BCUT2D eigenvalue weighted by atomic mass is 19.1. The molecule has 3 heterocycles. The van der Waals surface area contributed by atoms with E-state index in [4.69, 9.17) is 9.97 Å². The highest BCUT2D eigenvalue weighted by Gasteiger charge is 2.32. The highest BCUT2D eigenvalue weighted by Crippen LogP contribution is 2.36. The molecule has 2 saturated heterocycles. The second-order valence-electron chi connectivity index (χ2n) is 11.5. The van der Waals surface area contributed by atoms with Crippen molar-refractivity contribution in [3.05, 3.63) is 30.1 Å². The molecule has 0 spiro atoms. The molecule has 1 saturated carbocycles. The Kier molecular flexibility index (Phi) is 6.28. The van der Waals surface area contributed by atoms with Gasteiger partial charge >= 0.3 is 0 Å². The van der Waals surface area contributed by atoms with E-state index in [-0.39, 0.29) is 16.8 Å². The van der Waals surface area contributed by atoms with E-state index in [2.05, 4.69) is 55.1 Å². The lowest BCUT2D eigenvalue weighted by atomic mass is 9.82. The van der Waals surface area contributed by atoms with Gasteiger partial charge in [-0.05, 0) is 87.5 Å². The maximum Gasteiger partial charge on any atom is 0.233 e. The third kappa shape index (κ3) is 6.08. The Hall–Kier alpha value is -2.44. The van der Waals surface area contributed by atoms with E-state index in [0.29, 0.717) is 23.7 Å². The molecule has 32 heavy (non-hydrogen) atoms. The van der Waals surface area contributed by atoms with Crippen molar-refractivity contribution in [2.24, 2.45) is 17.3 Å². The predicted molar refractivity (Wildman–Crippen MR) is 129 cm³/mol. The van der Waals surface area contributed by atoms with E-state index in [1.807, 2.05) is 0 Å². The molecule has 1 aromatic carbocycles. The van der Waals surface area contributed by atoms with Crippen LogP contribution in [0.2, 0.25) is 0 Å². The second-order valence-corrected chi connectivity index (χ2v) is 11.5. The average Bonchev–Trinajstić information content (AvgIpc) is 3.01. The van der Waals surface area contributed by atoms with Gasteiger partial charge in [0.25, 0.3) is 0 Å². The number of hydrogen-bond donors (Lipinski definition) is 2. The zero-order valence-corrected chi connectivity index (χ0v) is 20.1. The summed E-state index contributed by atoms with van der Waals surface area (Å²) in [6.07, 6.45) is 6.18. The maximum absolute atomic E-state index is 13.3. The van der Waals surface area contributed by atoms with Crippen molar-refractivity contribution in [3.8, 4) is 0 Å². The molecule has 3 fully saturated rings. The van der Waals surface area contributed by atoms with Crippen molar-refractivity contribution in [3.63, 3.8) is 0 Å². The Balaban J connectivity index is 1.64. The normalized spacial score (nSPS) is 21.4. The third-order valence-electron chi connectivity index (χ3n) is 6.35. The molecule has 1 aromatic heterocycles. The van der Waals surface area contributed by atoms with Crippen molar-refractivity contribution in [1.82, 2.24) is 15.0 Å². The summed E-state index contributed by atoms with van der Waals surface area (Å²) in [5.41, 5.74) is 0.743. The summed E-state index contributed by atoms with van der Waals surface area (Å²) in [4.78, 5) is 16.7. The van der Waals surface area contributed by atoms with Crippen molar-refractivity contribution in [1.29, 1.82) is 0 Å². The molecule has 2 aromatic rings. The molecule has 0 amide bonds. The van der Waals surface area contributed by atoms with Gasteiger partial charge in [-0.15, -0.1) is 0 Å². The second kappa shape index (κ2) is 8.83. The van der Waals surface area contributed by atoms with Crippen LogP contribution in [0.5, 0.6) is 0 Å². The number of rotatable bonds is 6. The summed E-state index contributed by atoms with van der Waals surface area (Å²) in [7, 11) is 0. The van der Waals surface area contributed by atoms with Crippen molar-refractivity contribution >= 4 is 23.5 Å². The third-order valence-corrected chi connectivity index (χ3v) is 6.35. The fraction of sp³-hybridized carbons (Fsp3) is 0.640. The smallest absolute Gasteiger partial charge is 0.233 e. The van der Waals surface area contributed by atoms with Crippen LogP contribution in [-0.2, 0) is 0 Å². The van der Waals surface area contributed by atoms with Crippen LogP contribution in [0, 0.1) is 23.1 Å². The van der Waals surface area contributed by atoms with Gasteiger partial charge in [0.15, 0.2) is 0 Å². The van der Waals surface area contributed by atoms with Gasteiger partial charge in [0, 0.05) is 24.3 Å². The van der Waals surface area contributed by atoms with Gasteiger partial charge in [-0.25, -0.2) is 4.39 Å². The molecule has 6 nitrogen and oxygen atoms in total. The van der Waals surface area contributed by atoms with Crippen LogP contribution in [0.1, 0.15) is 66.7 Å². The van der Waals surface area contributed by atoms with Gasteiger partial charge in [0.05, 0.1) is 0 Å². The molecule has 2 aliphatic heterocycles. The van der Waals surface area contributed by atoms with E-state index >= 15 is 0 Å². The molecule has 2 N–H and O–H groups in total. The van der Waals surface area contributed by atoms with E-state index in [1.54, 1.807) is 12.1 Å². The Bertz CT molecular complexity index is 899. The largest absolute Gasteiger partial charge is 0.349 e. The fourth-order valence-electron chi connectivity index (χ4n) is 5.41. The quantitative estimate of drug-likeness (QED) is 0.574.